The third-order valence-electron chi connectivity index (χ3n) is 2.49. The van der Waals surface area contributed by atoms with Crippen molar-refractivity contribution in [2.45, 2.75) is 6.92 Å². The van der Waals surface area contributed by atoms with Crippen LogP contribution in [0.2, 0.25) is 0 Å². The fourth-order valence-corrected chi connectivity index (χ4v) is 1.96. The third-order valence-corrected chi connectivity index (χ3v) is 3.11. The molecule has 0 amide bonds. The number of hydrogen-bond acceptors (Lipinski definition) is 2. The fraction of sp³-hybridized carbons (Fsp3) is 0.0714. The first kappa shape index (κ1) is 12.8. The molecule has 0 saturated carbocycles. The molecule has 0 aliphatic rings. The van der Waals surface area contributed by atoms with E-state index in [4.69, 9.17) is 4.74 Å². The summed E-state index contributed by atoms with van der Waals surface area (Å²) in [4.78, 5) is 10.7. The molecule has 2 aromatic carbocycles. The van der Waals surface area contributed by atoms with Crippen molar-refractivity contribution in [3.8, 4) is 11.5 Å². The number of aldehydes is 1. The molecule has 0 spiro atoms. The van der Waals surface area contributed by atoms with Gasteiger partial charge >= 0.3 is 0 Å². The Morgan fingerprint density at radius 2 is 2.00 bits per heavy atom. The van der Waals surface area contributed by atoms with Gasteiger partial charge in [-0.2, -0.15) is 0 Å². The number of hydrogen-bond donors (Lipinski definition) is 0. The molecular formula is C14H10BrFO2. The lowest BCUT2D eigenvalue weighted by atomic mass is 10.1. The van der Waals surface area contributed by atoms with Gasteiger partial charge in [-0.1, -0.05) is 0 Å². The second-order valence-corrected chi connectivity index (χ2v) is 4.67. The largest absolute Gasteiger partial charge is 0.456 e. The van der Waals surface area contributed by atoms with Gasteiger partial charge in [0.25, 0.3) is 0 Å². The van der Waals surface area contributed by atoms with Gasteiger partial charge in [0.05, 0.1) is 4.47 Å². The van der Waals surface area contributed by atoms with E-state index in [0.29, 0.717) is 21.5 Å². The van der Waals surface area contributed by atoms with Crippen LogP contribution in [0.1, 0.15) is 15.9 Å². The Morgan fingerprint density at radius 3 is 2.61 bits per heavy atom. The maximum absolute atomic E-state index is 12.9. The molecule has 2 rings (SSSR count). The molecule has 0 aromatic heterocycles. The van der Waals surface area contributed by atoms with Crippen molar-refractivity contribution < 1.29 is 13.9 Å². The van der Waals surface area contributed by atoms with E-state index in [1.54, 1.807) is 24.3 Å². The summed E-state index contributed by atoms with van der Waals surface area (Å²) in [6.07, 6.45) is 0.799. The van der Waals surface area contributed by atoms with Crippen LogP contribution in [-0.2, 0) is 0 Å². The first-order chi connectivity index (χ1) is 8.60. The number of halogens is 2. The molecule has 0 radical (unpaired) electrons. The van der Waals surface area contributed by atoms with Crippen molar-refractivity contribution in [2.75, 3.05) is 0 Å². The lowest BCUT2D eigenvalue weighted by molar-refractivity contribution is 0.112. The summed E-state index contributed by atoms with van der Waals surface area (Å²) in [6.45, 7) is 1.83. The second kappa shape index (κ2) is 5.31. The second-order valence-electron chi connectivity index (χ2n) is 3.81. The first-order valence-electron chi connectivity index (χ1n) is 5.29. The number of rotatable bonds is 3. The van der Waals surface area contributed by atoms with E-state index in [1.165, 1.54) is 12.1 Å². The van der Waals surface area contributed by atoms with E-state index in [-0.39, 0.29) is 5.82 Å². The minimum absolute atomic E-state index is 0.332. The molecule has 92 valence electrons. The molecule has 0 saturated heterocycles. The highest BCUT2D eigenvalue weighted by Gasteiger charge is 2.05. The number of aryl methyl sites for hydroxylation is 1. The van der Waals surface area contributed by atoms with Crippen molar-refractivity contribution in [1.29, 1.82) is 0 Å². The molecule has 0 N–H and O–H groups in total. The smallest absolute Gasteiger partial charge is 0.150 e. The highest BCUT2D eigenvalue weighted by Crippen LogP contribution is 2.30. The van der Waals surface area contributed by atoms with Gasteiger partial charge in [0.1, 0.15) is 23.6 Å². The zero-order valence-corrected chi connectivity index (χ0v) is 11.2. The lowest BCUT2D eigenvalue weighted by Crippen LogP contribution is -1.90. The van der Waals surface area contributed by atoms with Gasteiger partial charge in [0.15, 0.2) is 0 Å². The maximum atomic E-state index is 12.9. The highest BCUT2D eigenvalue weighted by molar-refractivity contribution is 9.10. The molecule has 2 aromatic rings. The first-order valence-corrected chi connectivity index (χ1v) is 6.08. The zero-order valence-electron chi connectivity index (χ0n) is 9.61. The van der Waals surface area contributed by atoms with E-state index in [9.17, 15) is 9.18 Å². The number of carbonyl (C=O) groups is 1. The molecule has 18 heavy (non-hydrogen) atoms. The highest BCUT2D eigenvalue weighted by atomic mass is 79.9. The van der Waals surface area contributed by atoms with Gasteiger partial charge in [-0.25, -0.2) is 4.39 Å². The van der Waals surface area contributed by atoms with E-state index < -0.39 is 0 Å². The molecule has 0 heterocycles. The van der Waals surface area contributed by atoms with E-state index >= 15 is 0 Å². The predicted octanol–water partition coefficient (Wildman–Crippen LogP) is 4.50. The van der Waals surface area contributed by atoms with Crippen LogP contribution in [0.25, 0.3) is 0 Å². The Labute approximate surface area is 113 Å². The van der Waals surface area contributed by atoms with Crippen molar-refractivity contribution >= 4 is 22.2 Å². The minimum Gasteiger partial charge on any atom is -0.456 e. The SMILES string of the molecule is Cc1cc(Oc2ccc(F)cc2Br)ccc1C=O. The number of carbonyl (C=O) groups excluding carboxylic acids is 1. The fourth-order valence-electron chi connectivity index (χ4n) is 1.53. The van der Waals surface area contributed by atoms with Crippen LogP contribution >= 0.6 is 15.9 Å². The summed E-state index contributed by atoms with van der Waals surface area (Å²) < 4.78 is 19.1. The Kier molecular flexibility index (Phi) is 3.77. The lowest BCUT2D eigenvalue weighted by Gasteiger charge is -2.09. The van der Waals surface area contributed by atoms with Crippen LogP contribution in [0.15, 0.2) is 40.9 Å². The molecule has 0 unspecified atom stereocenters. The van der Waals surface area contributed by atoms with Gasteiger partial charge < -0.3 is 4.74 Å². The molecule has 4 heteroatoms. The summed E-state index contributed by atoms with van der Waals surface area (Å²) in [5.41, 5.74) is 1.46. The van der Waals surface area contributed by atoms with Gasteiger partial charge in [0, 0.05) is 5.56 Å². The van der Waals surface area contributed by atoms with Crippen molar-refractivity contribution in [3.05, 3.63) is 57.8 Å². The summed E-state index contributed by atoms with van der Waals surface area (Å²) in [6, 6.07) is 9.36. The summed E-state index contributed by atoms with van der Waals surface area (Å²) in [7, 11) is 0. The molecule has 0 aliphatic heterocycles. The Morgan fingerprint density at radius 1 is 1.22 bits per heavy atom. The third kappa shape index (κ3) is 2.76. The van der Waals surface area contributed by atoms with E-state index in [1.807, 2.05) is 6.92 Å². The van der Waals surface area contributed by atoms with Gasteiger partial charge in [0.2, 0.25) is 0 Å². The Hall–Kier alpha value is -1.68. The summed E-state index contributed by atoms with van der Waals surface area (Å²) in [5.74, 6) is 0.793. The predicted molar refractivity (Wildman–Crippen MR) is 70.7 cm³/mol. The number of benzene rings is 2. The van der Waals surface area contributed by atoms with Crippen molar-refractivity contribution in [2.24, 2.45) is 0 Å². The van der Waals surface area contributed by atoms with Gasteiger partial charge in [-0.05, 0) is 64.8 Å². The van der Waals surface area contributed by atoms with Gasteiger partial charge in [-0.3, -0.25) is 4.79 Å². The molecular weight excluding hydrogens is 299 g/mol. The Bertz CT molecular complexity index is 596. The summed E-state index contributed by atoms with van der Waals surface area (Å²) in [5, 5.41) is 0. The quantitative estimate of drug-likeness (QED) is 0.780. The molecule has 2 nitrogen and oxygen atoms in total. The van der Waals surface area contributed by atoms with Crippen LogP contribution in [0.5, 0.6) is 11.5 Å². The van der Waals surface area contributed by atoms with Crippen LogP contribution in [0.3, 0.4) is 0 Å². The molecule has 0 aliphatic carbocycles. The van der Waals surface area contributed by atoms with Gasteiger partial charge in [-0.15, -0.1) is 0 Å². The van der Waals surface area contributed by atoms with Crippen LogP contribution < -0.4 is 4.74 Å². The Balaban J connectivity index is 2.28. The van der Waals surface area contributed by atoms with Crippen LogP contribution in [0.4, 0.5) is 4.39 Å². The average molecular weight is 309 g/mol. The standard InChI is InChI=1S/C14H10BrFO2/c1-9-6-12(4-2-10(9)8-17)18-14-5-3-11(16)7-13(14)15/h2-8H,1H3. The monoisotopic (exact) mass is 308 g/mol. The normalized spacial score (nSPS) is 10.2. The topological polar surface area (TPSA) is 26.3 Å². The summed E-state index contributed by atoms with van der Waals surface area (Å²) >= 11 is 3.23. The van der Waals surface area contributed by atoms with Crippen molar-refractivity contribution in [3.63, 3.8) is 0 Å². The van der Waals surface area contributed by atoms with E-state index in [0.717, 1.165) is 11.8 Å². The molecule has 0 bridgehead atoms. The zero-order chi connectivity index (χ0) is 13.1. The van der Waals surface area contributed by atoms with E-state index in [2.05, 4.69) is 15.9 Å². The van der Waals surface area contributed by atoms with Crippen molar-refractivity contribution in [1.82, 2.24) is 0 Å². The average Bonchev–Trinajstić information content (AvgIpc) is 2.33. The molecule has 0 fully saturated rings. The maximum Gasteiger partial charge on any atom is 0.150 e. The van der Waals surface area contributed by atoms with Crippen LogP contribution in [0, 0.1) is 12.7 Å². The molecule has 0 atom stereocenters. The number of ether oxygens (including phenoxy) is 1. The minimum atomic E-state index is -0.332. The van der Waals surface area contributed by atoms with Crippen LogP contribution in [-0.4, -0.2) is 6.29 Å².